The summed E-state index contributed by atoms with van der Waals surface area (Å²) in [5.41, 5.74) is 0. The molecule has 4 rings (SSSR count). The monoisotopic (exact) mass is 476 g/mol. The lowest BCUT2D eigenvalue weighted by molar-refractivity contribution is -0.119. The fourth-order valence-corrected chi connectivity index (χ4v) is 5.26. The van der Waals surface area contributed by atoms with Crippen LogP contribution in [0.3, 0.4) is 0 Å². The Kier molecular flexibility index (Phi) is 7.20. The first kappa shape index (κ1) is 22.2. The van der Waals surface area contributed by atoms with E-state index in [2.05, 4.69) is 40.0 Å². The fraction of sp³-hybridized carbons (Fsp3) is 0.409. The predicted molar refractivity (Wildman–Crippen MR) is 125 cm³/mol. The molecule has 0 aliphatic heterocycles. The molecule has 3 aromatic rings. The number of thioether (sulfide) groups is 1. The van der Waals surface area contributed by atoms with Crippen LogP contribution < -0.4 is 10.1 Å². The molecule has 1 N–H and O–H groups in total. The minimum absolute atomic E-state index is 0.00341. The van der Waals surface area contributed by atoms with Crippen LogP contribution in [0.25, 0.3) is 0 Å². The van der Waals surface area contributed by atoms with Gasteiger partial charge in [0.1, 0.15) is 12.4 Å². The summed E-state index contributed by atoms with van der Waals surface area (Å²) in [7, 11) is 0. The number of para-hydroxylation sites is 1. The number of nitrogens with zero attached hydrogens (tertiary/aromatic N) is 3. The van der Waals surface area contributed by atoms with Gasteiger partial charge in [0.05, 0.1) is 16.8 Å². The highest BCUT2D eigenvalue weighted by Crippen LogP contribution is 2.39. The quantitative estimate of drug-likeness (QED) is 0.390. The van der Waals surface area contributed by atoms with Crippen molar-refractivity contribution < 1.29 is 9.53 Å². The Morgan fingerprint density at radius 3 is 2.77 bits per heavy atom. The highest BCUT2D eigenvalue weighted by atomic mass is 35.5. The second-order valence-corrected chi connectivity index (χ2v) is 10.1. The van der Waals surface area contributed by atoms with Crippen LogP contribution in [0, 0.1) is 5.92 Å². The van der Waals surface area contributed by atoms with E-state index in [4.69, 9.17) is 16.3 Å². The van der Waals surface area contributed by atoms with Crippen LogP contribution in [0.15, 0.2) is 46.9 Å². The van der Waals surface area contributed by atoms with Gasteiger partial charge in [-0.2, -0.15) is 0 Å². The lowest BCUT2D eigenvalue weighted by Crippen LogP contribution is -2.32. The normalized spacial score (nSPS) is 14.6. The number of benzene rings is 1. The SMILES string of the molecule is CC(C)C(NC(=O)CSc1nnc(COc2ccccc2Cl)n1C1CC1)c1cccs1. The number of carbonyl (C=O) groups is 1. The van der Waals surface area contributed by atoms with E-state index < -0.39 is 0 Å². The van der Waals surface area contributed by atoms with E-state index in [1.54, 1.807) is 17.4 Å². The zero-order valence-corrected chi connectivity index (χ0v) is 19.8. The number of carbonyl (C=O) groups excluding carboxylic acids is 1. The summed E-state index contributed by atoms with van der Waals surface area (Å²) in [5.74, 6) is 1.98. The zero-order chi connectivity index (χ0) is 21.8. The summed E-state index contributed by atoms with van der Waals surface area (Å²) < 4.78 is 7.96. The number of aromatic nitrogens is 3. The first-order chi connectivity index (χ1) is 15.0. The molecule has 1 saturated carbocycles. The Balaban J connectivity index is 1.38. The van der Waals surface area contributed by atoms with Crippen molar-refractivity contribution in [1.82, 2.24) is 20.1 Å². The van der Waals surface area contributed by atoms with Gasteiger partial charge in [-0.05, 0) is 42.3 Å². The summed E-state index contributed by atoms with van der Waals surface area (Å²) >= 11 is 9.27. The Bertz CT molecular complexity index is 1020. The van der Waals surface area contributed by atoms with Gasteiger partial charge >= 0.3 is 0 Å². The summed E-state index contributed by atoms with van der Waals surface area (Å²) in [6.07, 6.45) is 2.18. The van der Waals surface area contributed by atoms with Crippen molar-refractivity contribution >= 4 is 40.6 Å². The molecule has 1 fully saturated rings. The lowest BCUT2D eigenvalue weighted by Gasteiger charge is -2.21. The van der Waals surface area contributed by atoms with Crippen LogP contribution in [0.4, 0.5) is 0 Å². The van der Waals surface area contributed by atoms with Crippen molar-refractivity contribution in [3.8, 4) is 5.75 Å². The standard InChI is InChI=1S/C22H25ClN4O2S2/c1-14(2)21(18-8-5-11-30-18)24-20(28)13-31-22-26-25-19(27(22)15-9-10-15)12-29-17-7-4-3-6-16(17)23/h3-8,11,14-15,21H,9-10,12-13H2,1-2H3,(H,24,28). The molecule has 31 heavy (non-hydrogen) atoms. The molecule has 6 nitrogen and oxygen atoms in total. The number of hydrogen-bond donors (Lipinski definition) is 1. The van der Waals surface area contributed by atoms with Crippen LogP contribution in [0.1, 0.15) is 49.5 Å². The molecular formula is C22H25ClN4O2S2. The Labute approximate surface area is 195 Å². The van der Waals surface area contributed by atoms with E-state index in [-0.39, 0.29) is 18.6 Å². The van der Waals surface area contributed by atoms with Crippen molar-refractivity contribution in [2.24, 2.45) is 5.92 Å². The maximum Gasteiger partial charge on any atom is 0.230 e. The lowest BCUT2D eigenvalue weighted by atomic mass is 10.0. The number of nitrogens with one attached hydrogen (secondary N) is 1. The Morgan fingerprint density at radius 2 is 2.10 bits per heavy atom. The van der Waals surface area contributed by atoms with Gasteiger partial charge in [0.25, 0.3) is 0 Å². The van der Waals surface area contributed by atoms with Crippen LogP contribution in [0.5, 0.6) is 5.75 Å². The second-order valence-electron chi connectivity index (χ2n) is 7.81. The number of thiophene rings is 1. The average Bonchev–Trinajstić information content (AvgIpc) is 3.28. The van der Waals surface area contributed by atoms with Crippen LogP contribution in [-0.2, 0) is 11.4 Å². The van der Waals surface area contributed by atoms with Gasteiger partial charge in [-0.25, -0.2) is 0 Å². The molecule has 1 aliphatic rings. The summed E-state index contributed by atoms with van der Waals surface area (Å²) in [6, 6.07) is 11.9. The Hall–Kier alpha value is -2.03. The minimum Gasteiger partial charge on any atom is -0.484 e. The third-order valence-electron chi connectivity index (χ3n) is 5.01. The van der Waals surface area contributed by atoms with Gasteiger partial charge in [-0.1, -0.05) is 55.4 Å². The number of halogens is 1. The molecule has 0 radical (unpaired) electrons. The van der Waals surface area contributed by atoms with Gasteiger partial charge in [-0.3, -0.25) is 9.36 Å². The molecule has 1 aromatic carbocycles. The first-order valence-electron chi connectivity index (χ1n) is 10.3. The van der Waals surface area contributed by atoms with Crippen LogP contribution in [0.2, 0.25) is 5.02 Å². The average molecular weight is 477 g/mol. The van der Waals surface area contributed by atoms with Crippen molar-refractivity contribution in [1.29, 1.82) is 0 Å². The molecule has 0 bridgehead atoms. The largest absolute Gasteiger partial charge is 0.484 e. The molecule has 1 atom stereocenters. The van der Waals surface area contributed by atoms with Crippen molar-refractivity contribution in [2.45, 2.75) is 50.5 Å². The third kappa shape index (κ3) is 5.61. The van der Waals surface area contributed by atoms with Gasteiger partial charge in [0, 0.05) is 10.9 Å². The maximum atomic E-state index is 12.7. The summed E-state index contributed by atoms with van der Waals surface area (Å²) in [5, 5.41) is 15.2. The predicted octanol–water partition coefficient (Wildman–Crippen LogP) is 5.51. The highest BCUT2D eigenvalue weighted by Gasteiger charge is 2.30. The van der Waals surface area contributed by atoms with Gasteiger partial charge in [0.2, 0.25) is 5.91 Å². The fourth-order valence-electron chi connectivity index (χ4n) is 3.29. The molecule has 0 spiro atoms. The molecule has 2 aromatic heterocycles. The van der Waals surface area contributed by atoms with Crippen molar-refractivity contribution in [3.05, 3.63) is 57.5 Å². The first-order valence-corrected chi connectivity index (χ1v) is 12.5. The van der Waals surface area contributed by atoms with E-state index in [9.17, 15) is 4.79 Å². The highest BCUT2D eigenvalue weighted by molar-refractivity contribution is 7.99. The summed E-state index contributed by atoms with van der Waals surface area (Å²) in [4.78, 5) is 13.8. The molecule has 2 heterocycles. The number of amides is 1. The van der Waals surface area contributed by atoms with Gasteiger partial charge in [-0.15, -0.1) is 21.5 Å². The summed E-state index contributed by atoms with van der Waals surface area (Å²) in [6.45, 7) is 4.52. The molecule has 1 amide bonds. The second kappa shape index (κ2) is 10.1. The Morgan fingerprint density at radius 1 is 1.29 bits per heavy atom. The molecule has 164 valence electrons. The van der Waals surface area contributed by atoms with Gasteiger partial charge in [0.15, 0.2) is 11.0 Å². The molecular weight excluding hydrogens is 452 g/mol. The molecule has 1 aliphatic carbocycles. The number of rotatable bonds is 10. The van der Waals surface area contributed by atoms with E-state index >= 15 is 0 Å². The van der Waals surface area contributed by atoms with E-state index in [0.717, 1.165) is 23.8 Å². The number of hydrogen-bond acceptors (Lipinski definition) is 6. The topological polar surface area (TPSA) is 69.0 Å². The molecule has 1 unspecified atom stereocenters. The van der Waals surface area contributed by atoms with E-state index in [1.807, 2.05) is 29.6 Å². The zero-order valence-electron chi connectivity index (χ0n) is 17.5. The van der Waals surface area contributed by atoms with Gasteiger partial charge < -0.3 is 10.1 Å². The van der Waals surface area contributed by atoms with Crippen LogP contribution >= 0.6 is 34.7 Å². The molecule has 0 saturated heterocycles. The molecule has 9 heteroatoms. The van der Waals surface area contributed by atoms with E-state index in [0.29, 0.717) is 28.5 Å². The van der Waals surface area contributed by atoms with Crippen molar-refractivity contribution in [3.63, 3.8) is 0 Å². The van der Waals surface area contributed by atoms with Crippen LogP contribution in [-0.4, -0.2) is 26.4 Å². The smallest absolute Gasteiger partial charge is 0.230 e. The number of ether oxygens (including phenoxy) is 1. The maximum absolute atomic E-state index is 12.7. The third-order valence-corrected chi connectivity index (χ3v) is 7.22. The minimum atomic E-state index is -0.00341. The van der Waals surface area contributed by atoms with E-state index in [1.165, 1.54) is 16.6 Å². The van der Waals surface area contributed by atoms with Crippen molar-refractivity contribution in [2.75, 3.05) is 5.75 Å².